The zero-order valence-electron chi connectivity index (χ0n) is 21.9. The quantitative estimate of drug-likeness (QED) is 0.232. The number of carbonyl (C=O) groups is 1. The first-order chi connectivity index (χ1) is 18.5. The van der Waals surface area contributed by atoms with Crippen molar-refractivity contribution in [2.45, 2.75) is 32.4 Å². The number of anilines is 2. The lowest BCUT2D eigenvalue weighted by Crippen LogP contribution is -2.36. The van der Waals surface area contributed by atoms with E-state index in [2.05, 4.69) is 22.5 Å². The van der Waals surface area contributed by atoms with E-state index in [0.29, 0.717) is 24.5 Å². The van der Waals surface area contributed by atoms with Crippen LogP contribution in [0.15, 0.2) is 79.0 Å². The zero-order chi connectivity index (χ0) is 26.9. The van der Waals surface area contributed by atoms with Gasteiger partial charge in [0.1, 0.15) is 17.3 Å². The van der Waals surface area contributed by atoms with Crippen LogP contribution in [0.4, 0.5) is 20.6 Å². The number of aromatic nitrogens is 1. The van der Waals surface area contributed by atoms with Crippen molar-refractivity contribution in [2.75, 3.05) is 31.4 Å². The molecule has 8 heteroatoms. The van der Waals surface area contributed by atoms with Crippen LogP contribution in [0.2, 0.25) is 0 Å². The summed E-state index contributed by atoms with van der Waals surface area (Å²) in [6, 6.07) is 21.2. The van der Waals surface area contributed by atoms with Crippen molar-refractivity contribution in [1.82, 2.24) is 9.88 Å². The zero-order valence-corrected chi connectivity index (χ0v) is 21.9. The highest BCUT2D eigenvalue weighted by Crippen LogP contribution is 2.29. The van der Waals surface area contributed by atoms with Crippen LogP contribution in [-0.2, 0) is 6.54 Å². The number of amides is 2. The highest BCUT2D eigenvalue weighted by molar-refractivity contribution is 5.92. The van der Waals surface area contributed by atoms with Crippen molar-refractivity contribution in [3.63, 3.8) is 0 Å². The van der Waals surface area contributed by atoms with E-state index in [4.69, 9.17) is 9.47 Å². The number of methoxy groups -OCH3 is 2. The van der Waals surface area contributed by atoms with E-state index in [0.717, 1.165) is 40.7 Å². The predicted molar refractivity (Wildman–Crippen MR) is 149 cm³/mol. The number of benzene rings is 3. The summed E-state index contributed by atoms with van der Waals surface area (Å²) >= 11 is 0. The fourth-order valence-corrected chi connectivity index (χ4v) is 4.32. The molecule has 0 fully saturated rings. The Balaban J connectivity index is 1.43. The molecule has 38 heavy (non-hydrogen) atoms. The summed E-state index contributed by atoms with van der Waals surface area (Å²) in [7, 11) is 3.22. The van der Waals surface area contributed by atoms with Gasteiger partial charge in [0.25, 0.3) is 0 Å². The molecule has 1 unspecified atom stereocenters. The van der Waals surface area contributed by atoms with E-state index >= 15 is 0 Å². The number of hydrogen-bond donors (Lipinski definition) is 2. The minimum atomic E-state index is -0.307. The Hall–Kier alpha value is -4.33. The van der Waals surface area contributed by atoms with E-state index in [1.165, 1.54) is 12.1 Å². The molecule has 0 spiro atoms. The lowest BCUT2D eigenvalue weighted by molar-refractivity contribution is 0.207. The van der Waals surface area contributed by atoms with E-state index in [-0.39, 0.29) is 17.9 Å². The number of urea groups is 1. The van der Waals surface area contributed by atoms with Gasteiger partial charge in [-0.2, -0.15) is 0 Å². The summed E-state index contributed by atoms with van der Waals surface area (Å²) in [6.07, 6.45) is 3.34. The largest absolute Gasteiger partial charge is 0.497 e. The lowest BCUT2D eigenvalue weighted by atomic mass is 10.1. The van der Waals surface area contributed by atoms with Gasteiger partial charge in [0.2, 0.25) is 0 Å². The number of carbonyl (C=O) groups excluding carboxylic acids is 1. The van der Waals surface area contributed by atoms with Crippen molar-refractivity contribution in [2.24, 2.45) is 0 Å². The Bertz CT molecular complexity index is 1360. The van der Waals surface area contributed by atoms with Gasteiger partial charge < -0.3 is 25.0 Å². The Morgan fingerprint density at radius 2 is 1.79 bits per heavy atom. The summed E-state index contributed by atoms with van der Waals surface area (Å²) in [6.45, 7) is 2.97. The monoisotopic (exact) mass is 516 g/mol. The molecule has 0 aliphatic rings. The first-order valence-electron chi connectivity index (χ1n) is 12.6. The molecule has 0 aliphatic heterocycles. The van der Waals surface area contributed by atoms with Gasteiger partial charge in [0.05, 0.1) is 31.1 Å². The van der Waals surface area contributed by atoms with Crippen LogP contribution in [0.5, 0.6) is 11.5 Å². The standard InChI is InChI=1S/C30H33FN4O3/c1-21(33-27-19-25(37-2)18-23-9-6-16-32-29(23)27)8-7-17-35(20-22-12-14-24(31)15-13-22)30(36)34-26-10-4-5-11-28(26)38-3/h4-6,9-16,18-19,21,33H,7-8,17,20H2,1-3H3,(H,34,36). The SMILES string of the molecule is COc1cc(NC(C)CCCN(Cc2ccc(F)cc2)C(=O)Nc2ccccc2OC)c2ncccc2c1. The maximum Gasteiger partial charge on any atom is 0.322 e. The lowest BCUT2D eigenvalue weighted by Gasteiger charge is -2.25. The summed E-state index contributed by atoms with van der Waals surface area (Å²) in [5.74, 6) is 1.04. The fraction of sp³-hybridized carbons (Fsp3) is 0.267. The van der Waals surface area contributed by atoms with E-state index in [9.17, 15) is 9.18 Å². The number of nitrogens with one attached hydrogen (secondary N) is 2. The van der Waals surface area contributed by atoms with Crippen molar-refractivity contribution >= 4 is 28.3 Å². The van der Waals surface area contributed by atoms with Gasteiger partial charge >= 0.3 is 6.03 Å². The summed E-state index contributed by atoms with van der Waals surface area (Å²) < 4.78 is 24.3. The van der Waals surface area contributed by atoms with Gasteiger partial charge in [-0.1, -0.05) is 30.3 Å². The van der Waals surface area contributed by atoms with E-state index in [1.807, 2.05) is 36.4 Å². The molecule has 0 saturated heterocycles. The Morgan fingerprint density at radius 3 is 2.55 bits per heavy atom. The molecule has 2 N–H and O–H groups in total. The second kappa shape index (κ2) is 12.8. The van der Waals surface area contributed by atoms with Crippen LogP contribution in [0, 0.1) is 5.82 Å². The number of nitrogens with zero attached hydrogens (tertiary/aromatic N) is 2. The van der Waals surface area contributed by atoms with Gasteiger partial charge in [0.15, 0.2) is 0 Å². The average Bonchev–Trinajstić information content (AvgIpc) is 2.93. The average molecular weight is 517 g/mol. The second-order valence-corrected chi connectivity index (χ2v) is 9.12. The Kier molecular flexibility index (Phi) is 8.98. The number of halogens is 1. The van der Waals surface area contributed by atoms with Gasteiger partial charge in [-0.25, -0.2) is 9.18 Å². The van der Waals surface area contributed by atoms with Crippen LogP contribution < -0.4 is 20.1 Å². The number of hydrogen-bond acceptors (Lipinski definition) is 5. The first-order valence-corrected chi connectivity index (χ1v) is 12.6. The normalized spacial score (nSPS) is 11.6. The molecule has 4 aromatic rings. The maximum absolute atomic E-state index is 13.4. The summed E-state index contributed by atoms with van der Waals surface area (Å²) in [5, 5.41) is 7.51. The van der Waals surface area contributed by atoms with Crippen LogP contribution >= 0.6 is 0 Å². The van der Waals surface area contributed by atoms with Crippen LogP contribution in [-0.4, -0.2) is 42.7 Å². The first kappa shape index (κ1) is 26.7. The molecule has 0 aliphatic carbocycles. The second-order valence-electron chi connectivity index (χ2n) is 9.12. The number of rotatable bonds is 11. The van der Waals surface area contributed by atoms with Crippen LogP contribution in [0.25, 0.3) is 10.9 Å². The third-order valence-electron chi connectivity index (χ3n) is 6.30. The van der Waals surface area contributed by atoms with Crippen molar-refractivity contribution in [3.05, 3.63) is 90.4 Å². The van der Waals surface area contributed by atoms with Gasteiger partial charge in [-0.3, -0.25) is 4.98 Å². The molecule has 1 heterocycles. The van der Waals surface area contributed by atoms with E-state index < -0.39 is 0 Å². The smallest absolute Gasteiger partial charge is 0.322 e. The van der Waals surface area contributed by atoms with Gasteiger partial charge in [0, 0.05) is 36.8 Å². The van der Waals surface area contributed by atoms with Crippen molar-refractivity contribution < 1.29 is 18.7 Å². The topological polar surface area (TPSA) is 75.7 Å². The molecule has 3 aromatic carbocycles. The predicted octanol–water partition coefficient (Wildman–Crippen LogP) is 6.71. The number of pyridine rings is 1. The highest BCUT2D eigenvalue weighted by atomic mass is 19.1. The summed E-state index contributed by atoms with van der Waals surface area (Å²) in [5.41, 5.74) is 3.23. The molecule has 0 saturated carbocycles. The molecule has 1 aromatic heterocycles. The van der Waals surface area contributed by atoms with Crippen LogP contribution in [0.1, 0.15) is 25.3 Å². The third-order valence-corrected chi connectivity index (χ3v) is 6.30. The Labute approximate surface area is 222 Å². The molecule has 4 rings (SSSR count). The van der Waals surface area contributed by atoms with Gasteiger partial charge in [-0.15, -0.1) is 0 Å². The molecule has 198 valence electrons. The molecular weight excluding hydrogens is 483 g/mol. The minimum Gasteiger partial charge on any atom is -0.497 e. The van der Waals surface area contributed by atoms with Gasteiger partial charge in [-0.05, 0) is 61.7 Å². The summed E-state index contributed by atoms with van der Waals surface area (Å²) in [4.78, 5) is 19.5. The van der Waals surface area contributed by atoms with E-state index in [1.54, 1.807) is 49.6 Å². The molecule has 2 amide bonds. The maximum atomic E-state index is 13.4. The number of fused-ring (bicyclic) bond motifs is 1. The number of para-hydroxylation sites is 2. The van der Waals surface area contributed by atoms with Crippen LogP contribution in [0.3, 0.4) is 0 Å². The fourth-order valence-electron chi connectivity index (χ4n) is 4.32. The molecular formula is C30H33FN4O3. The molecule has 0 bridgehead atoms. The third kappa shape index (κ3) is 6.91. The number of ether oxygens (including phenoxy) is 2. The molecule has 1 atom stereocenters. The Morgan fingerprint density at radius 1 is 1.00 bits per heavy atom. The van der Waals surface area contributed by atoms with Crippen molar-refractivity contribution in [3.8, 4) is 11.5 Å². The molecule has 7 nitrogen and oxygen atoms in total. The molecule has 0 radical (unpaired) electrons. The van der Waals surface area contributed by atoms with Crippen molar-refractivity contribution in [1.29, 1.82) is 0 Å². The highest BCUT2D eigenvalue weighted by Gasteiger charge is 2.17. The minimum absolute atomic E-state index is 0.122.